The molecule has 1 saturated heterocycles. The summed E-state index contributed by atoms with van der Waals surface area (Å²) in [6, 6.07) is 3.26. The highest BCUT2D eigenvalue weighted by atomic mass is 19.4. The zero-order valence-corrected chi connectivity index (χ0v) is 21.2. The largest absolute Gasteiger partial charge is 0.478 e. The fourth-order valence-electron chi connectivity index (χ4n) is 5.67. The van der Waals surface area contributed by atoms with Crippen LogP contribution in [0.25, 0.3) is 6.08 Å². The van der Waals surface area contributed by atoms with Gasteiger partial charge in [-0.1, -0.05) is 0 Å². The lowest BCUT2D eigenvalue weighted by molar-refractivity contribution is -0.140. The highest BCUT2D eigenvalue weighted by Crippen LogP contribution is 2.38. The summed E-state index contributed by atoms with van der Waals surface area (Å²) in [6.45, 7) is 4.75. The number of aliphatic imine (C=N–C) groups is 1. The lowest BCUT2D eigenvalue weighted by Gasteiger charge is -2.34. The second-order valence-electron chi connectivity index (χ2n) is 10.5. The maximum Gasteiger partial charge on any atom is 0.389 e. The zero-order valence-electron chi connectivity index (χ0n) is 21.2. The molecule has 0 aromatic heterocycles. The first-order valence-electron chi connectivity index (χ1n) is 12.9. The lowest BCUT2D eigenvalue weighted by Crippen LogP contribution is -2.48. The molecule has 1 aromatic rings. The summed E-state index contributed by atoms with van der Waals surface area (Å²) in [5.74, 6) is -0.177. The van der Waals surface area contributed by atoms with Gasteiger partial charge in [0, 0.05) is 25.4 Å². The quantitative estimate of drug-likeness (QED) is 0.468. The van der Waals surface area contributed by atoms with Crippen LogP contribution in [-0.2, 0) is 9.63 Å². The Labute approximate surface area is 214 Å². The highest BCUT2D eigenvalue weighted by molar-refractivity contribution is 6.09. The number of amides is 1. The molecule has 2 fully saturated rings. The molecule has 37 heavy (non-hydrogen) atoms. The van der Waals surface area contributed by atoms with E-state index >= 15 is 0 Å². The SMILES string of the molecule is Cc1cc(C(=O)O)cc(C)c1/C=C/ON1CCC2(CC1)N=C(C1CCC(CCC(F)(F)F)CC1)NC2=O. The van der Waals surface area contributed by atoms with Gasteiger partial charge in [0.25, 0.3) is 5.91 Å². The molecule has 1 aromatic carbocycles. The van der Waals surface area contributed by atoms with Gasteiger partial charge in [0.15, 0.2) is 0 Å². The maximum absolute atomic E-state index is 12.9. The van der Waals surface area contributed by atoms with E-state index in [1.54, 1.807) is 23.5 Å². The van der Waals surface area contributed by atoms with Gasteiger partial charge in [-0.15, -0.1) is 5.06 Å². The predicted molar refractivity (Wildman–Crippen MR) is 133 cm³/mol. The summed E-state index contributed by atoms with van der Waals surface area (Å²) >= 11 is 0. The molecule has 1 amide bonds. The van der Waals surface area contributed by atoms with Crippen molar-refractivity contribution in [3.05, 3.63) is 40.6 Å². The molecule has 0 radical (unpaired) electrons. The van der Waals surface area contributed by atoms with Gasteiger partial charge in [0.05, 0.1) is 5.56 Å². The number of alkyl halides is 3. The van der Waals surface area contributed by atoms with Crippen LogP contribution in [-0.4, -0.2) is 52.7 Å². The van der Waals surface area contributed by atoms with Crippen LogP contribution in [0.4, 0.5) is 13.2 Å². The van der Waals surface area contributed by atoms with E-state index in [1.807, 2.05) is 19.9 Å². The third-order valence-corrected chi connectivity index (χ3v) is 7.90. The van der Waals surface area contributed by atoms with Gasteiger partial charge in [-0.2, -0.15) is 13.2 Å². The number of rotatable bonds is 7. The molecule has 1 spiro atoms. The standard InChI is InChI=1S/C27H34F3N3O4/c1-17-15-21(24(34)35)16-18(2)22(17)8-14-37-33-12-10-26(11-13-33)25(36)31-23(32-26)20-5-3-19(4-6-20)7-9-27(28,29)30/h8,14-16,19-20H,3-7,9-13H2,1-2H3,(H,34,35)(H,31,32,36)/b14-8+. The van der Waals surface area contributed by atoms with Crippen LogP contribution in [0.2, 0.25) is 0 Å². The Morgan fingerprint density at radius 1 is 1.19 bits per heavy atom. The number of aryl methyl sites for hydroxylation is 2. The van der Waals surface area contributed by atoms with Gasteiger partial charge in [0.1, 0.15) is 17.6 Å². The van der Waals surface area contributed by atoms with Crippen molar-refractivity contribution in [2.45, 2.75) is 76.9 Å². The second-order valence-corrected chi connectivity index (χ2v) is 10.5. The van der Waals surface area contributed by atoms with Crippen molar-refractivity contribution in [3.8, 4) is 0 Å². The van der Waals surface area contributed by atoms with Gasteiger partial charge < -0.3 is 15.3 Å². The fraction of sp³-hybridized carbons (Fsp3) is 0.593. The number of halogens is 3. The molecule has 4 rings (SSSR count). The molecule has 10 heteroatoms. The van der Waals surface area contributed by atoms with Crippen molar-refractivity contribution in [1.82, 2.24) is 10.4 Å². The number of hydrogen-bond donors (Lipinski definition) is 2. The third-order valence-electron chi connectivity index (χ3n) is 7.90. The Kier molecular flexibility index (Phi) is 7.96. The third kappa shape index (κ3) is 6.52. The minimum absolute atomic E-state index is 0.0839. The van der Waals surface area contributed by atoms with Crippen LogP contribution in [0.3, 0.4) is 0 Å². The van der Waals surface area contributed by atoms with Crippen molar-refractivity contribution in [2.75, 3.05) is 13.1 Å². The smallest absolute Gasteiger partial charge is 0.389 e. The molecule has 3 aliphatic rings. The summed E-state index contributed by atoms with van der Waals surface area (Å²) in [6.07, 6.45) is 2.73. The Morgan fingerprint density at radius 3 is 2.38 bits per heavy atom. The number of piperidine rings is 1. The van der Waals surface area contributed by atoms with Crippen LogP contribution in [0.1, 0.15) is 78.4 Å². The van der Waals surface area contributed by atoms with E-state index in [2.05, 4.69) is 5.32 Å². The van der Waals surface area contributed by atoms with E-state index in [9.17, 15) is 27.9 Å². The second kappa shape index (κ2) is 10.8. The first-order valence-corrected chi connectivity index (χ1v) is 12.9. The lowest BCUT2D eigenvalue weighted by atomic mass is 9.79. The van der Waals surface area contributed by atoms with Gasteiger partial charge >= 0.3 is 12.1 Å². The summed E-state index contributed by atoms with van der Waals surface area (Å²) in [4.78, 5) is 34.7. The van der Waals surface area contributed by atoms with Gasteiger partial charge in [-0.3, -0.25) is 9.79 Å². The summed E-state index contributed by atoms with van der Waals surface area (Å²) in [7, 11) is 0. The highest BCUT2D eigenvalue weighted by Gasteiger charge is 2.47. The summed E-state index contributed by atoms with van der Waals surface area (Å²) in [5, 5.41) is 14.0. The van der Waals surface area contributed by atoms with Crippen LogP contribution in [0.5, 0.6) is 0 Å². The minimum Gasteiger partial charge on any atom is -0.478 e. The molecule has 202 valence electrons. The van der Waals surface area contributed by atoms with Gasteiger partial charge in [0.2, 0.25) is 0 Å². The van der Waals surface area contributed by atoms with E-state index in [4.69, 9.17) is 9.83 Å². The molecule has 1 aliphatic carbocycles. The first kappa shape index (κ1) is 27.2. The number of carbonyl (C=O) groups excluding carboxylic acids is 1. The molecule has 7 nitrogen and oxygen atoms in total. The molecule has 2 N–H and O–H groups in total. The normalized spacial score (nSPS) is 24.4. The summed E-state index contributed by atoms with van der Waals surface area (Å²) in [5.41, 5.74) is 2.03. The number of nitrogens with one attached hydrogen (secondary N) is 1. The van der Waals surface area contributed by atoms with E-state index < -0.39 is 24.1 Å². The molecule has 2 aliphatic heterocycles. The Morgan fingerprint density at radius 2 is 1.81 bits per heavy atom. The maximum atomic E-state index is 12.9. The van der Waals surface area contributed by atoms with Crippen LogP contribution in [0, 0.1) is 25.7 Å². The van der Waals surface area contributed by atoms with Crippen LogP contribution >= 0.6 is 0 Å². The Balaban J connectivity index is 1.28. The number of benzene rings is 1. The number of aromatic carboxylic acids is 1. The number of hydroxylamine groups is 2. The number of hydrogen-bond acceptors (Lipinski definition) is 5. The van der Waals surface area contributed by atoms with Crippen molar-refractivity contribution in [2.24, 2.45) is 16.8 Å². The van der Waals surface area contributed by atoms with Crippen LogP contribution < -0.4 is 5.32 Å². The molecule has 0 unspecified atom stereocenters. The fourth-order valence-corrected chi connectivity index (χ4v) is 5.67. The Hall–Kier alpha value is -2.88. The number of amidine groups is 1. The number of carboxylic acids is 1. The number of carboxylic acid groups (broad SMARTS) is 1. The van der Waals surface area contributed by atoms with E-state index in [0.717, 1.165) is 42.4 Å². The van der Waals surface area contributed by atoms with Crippen molar-refractivity contribution in [3.63, 3.8) is 0 Å². The predicted octanol–water partition coefficient (Wildman–Crippen LogP) is 5.42. The molecule has 0 bridgehead atoms. The number of nitrogens with zero attached hydrogens (tertiary/aromatic N) is 2. The van der Waals surface area contributed by atoms with Crippen molar-refractivity contribution in [1.29, 1.82) is 0 Å². The molecule has 2 heterocycles. The van der Waals surface area contributed by atoms with E-state index in [1.165, 1.54) is 0 Å². The molecular weight excluding hydrogens is 487 g/mol. The van der Waals surface area contributed by atoms with Crippen molar-refractivity contribution < 1.29 is 32.7 Å². The molecular formula is C27H34F3N3O4. The molecule has 1 saturated carbocycles. The van der Waals surface area contributed by atoms with Crippen LogP contribution in [0.15, 0.2) is 23.4 Å². The van der Waals surface area contributed by atoms with E-state index in [-0.39, 0.29) is 29.7 Å². The first-order chi connectivity index (χ1) is 17.5. The average Bonchev–Trinajstić information content (AvgIpc) is 3.16. The monoisotopic (exact) mass is 521 g/mol. The zero-order chi connectivity index (χ0) is 26.8. The van der Waals surface area contributed by atoms with Gasteiger partial charge in [-0.25, -0.2) is 4.79 Å². The topological polar surface area (TPSA) is 91.2 Å². The molecule has 0 atom stereocenters. The minimum atomic E-state index is -4.10. The van der Waals surface area contributed by atoms with E-state index in [0.29, 0.717) is 31.8 Å². The Bertz CT molecular complexity index is 1060. The number of carbonyl (C=O) groups is 2. The summed E-state index contributed by atoms with van der Waals surface area (Å²) < 4.78 is 37.6. The van der Waals surface area contributed by atoms with Crippen molar-refractivity contribution >= 4 is 23.8 Å². The van der Waals surface area contributed by atoms with Gasteiger partial charge in [-0.05, 0) is 99.6 Å². The average molecular weight is 522 g/mol.